The van der Waals surface area contributed by atoms with Crippen LogP contribution in [0.15, 0.2) is 12.2 Å². The summed E-state index contributed by atoms with van der Waals surface area (Å²) in [6.07, 6.45) is 63.4. The number of hydrogen-bond donors (Lipinski definition) is 3. The van der Waals surface area contributed by atoms with Crippen LogP contribution in [-0.2, 0) is 14.3 Å². The number of amides is 1. The molecule has 0 saturated carbocycles. The Morgan fingerprint density at radius 3 is 1.11 bits per heavy atom. The van der Waals surface area contributed by atoms with E-state index < -0.39 is 12.1 Å². The van der Waals surface area contributed by atoms with Crippen molar-refractivity contribution in [2.75, 3.05) is 13.2 Å². The first-order chi connectivity index (χ1) is 31.5. The van der Waals surface area contributed by atoms with E-state index in [0.29, 0.717) is 25.9 Å². The molecule has 0 aliphatic heterocycles. The average Bonchev–Trinajstić information content (AvgIpc) is 3.29. The molecule has 0 spiro atoms. The maximum atomic E-state index is 12.5. The number of hydrogen-bond acceptors (Lipinski definition) is 5. The summed E-state index contributed by atoms with van der Waals surface area (Å²) in [4.78, 5) is 24.5. The van der Waals surface area contributed by atoms with Crippen molar-refractivity contribution in [2.24, 2.45) is 0 Å². The van der Waals surface area contributed by atoms with E-state index in [1.54, 1.807) is 0 Å². The van der Waals surface area contributed by atoms with Gasteiger partial charge in [0, 0.05) is 12.8 Å². The van der Waals surface area contributed by atoms with E-state index in [0.717, 1.165) is 57.8 Å². The second kappa shape index (κ2) is 54.2. The predicted molar refractivity (Wildman–Crippen MR) is 278 cm³/mol. The first kappa shape index (κ1) is 62.6. The molecular formula is C58H113NO5. The van der Waals surface area contributed by atoms with Gasteiger partial charge >= 0.3 is 5.97 Å². The van der Waals surface area contributed by atoms with Crippen molar-refractivity contribution in [2.45, 2.75) is 334 Å². The molecule has 0 aromatic carbocycles. The highest BCUT2D eigenvalue weighted by molar-refractivity contribution is 5.76. The molecule has 0 fully saturated rings. The number of carbonyl (C=O) groups is 2. The molecule has 0 aromatic heterocycles. The first-order valence-corrected chi connectivity index (χ1v) is 28.9. The van der Waals surface area contributed by atoms with Gasteiger partial charge in [-0.05, 0) is 51.4 Å². The maximum Gasteiger partial charge on any atom is 0.305 e. The predicted octanol–water partition coefficient (Wildman–Crippen LogP) is 17.7. The van der Waals surface area contributed by atoms with Gasteiger partial charge in [-0.15, -0.1) is 0 Å². The average molecular weight is 905 g/mol. The minimum atomic E-state index is -0.675. The molecule has 0 aromatic rings. The summed E-state index contributed by atoms with van der Waals surface area (Å²) in [6.45, 7) is 4.93. The zero-order valence-electron chi connectivity index (χ0n) is 43.3. The molecule has 3 N–H and O–H groups in total. The van der Waals surface area contributed by atoms with E-state index in [-0.39, 0.29) is 18.5 Å². The largest absolute Gasteiger partial charge is 0.466 e. The van der Waals surface area contributed by atoms with Crippen molar-refractivity contribution in [1.82, 2.24) is 5.32 Å². The lowest BCUT2D eigenvalue weighted by atomic mass is 10.0. The fourth-order valence-electron chi connectivity index (χ4n) is 9.11. The van der Waals surface area contributed by atoms with Gasteiger partial charge < -0.3 is 20.3 Å². The molecule has 6 heteroatoms. The van der Waals surface area contributed by atoms with Gasteiger partial charge in [0.25, 0.3) is 0 Å². The number of nitrogens with one attached hydrogen (secondary N) is 1. The van der Waals surface area contributed by atoms with Crippen LogP contribution in [0.5, 0.6) is 0 Å². The lowest BCUT2D eigenvalue weighted by molar-refractivity contribution is -0.143. The van der Waals surface area contributed by atoms with Gasteiger partial charge in [0.1, 0.15) is 0 Å². The van der Waals surface area contributed by atoms with Crippen LogP contribution < -0.4 is 5.32 Å². The summed E-state index contributed by atoms with van der Waals surface area (Å²) in [5.74, 6) is -0.0638. The molecule has 0 rings (SSSR count). The summed E-state index contributed by atoms with van der Waals surface area (Å²) in [5, 5.41) is 23.3. The lowest BCUT2D eigenvalue weighted by Crippen LogP contribution is -2.45. The molecule has 64 heavy (non-hydrogen) atoms. The molecule has 1 amide bonds. The molecule has 0 heterocycles. The van der Waals surface area contributed by atoms with E-state index in [2.05, 4.69) is 31.3 Å². The molecule has 0 saturated heterocycles. The number of unbranched alkanes of at least 4 members (excludes halogenated alkanes) is 41. The lowest BCUT2D eigenvalue weighted by Gasteiger charge is -2.22. The number of carbonyl (C=O) groups excluding carboxylic acids is 2. The van der Waals surface area contributed by atoms with Crippen molar-refractivity contribution in [3.05, 3.63) is 12.2 Å². The van der Waals surface area contributed by atoms with Gasteiger partial charge in [0.2, 0.25) is 5.91 Å². The van der Waals surface area contributed by atoms with E-state index in [4.69, 9.17) is 4.74 Å². The van der Waals surface area contributed by atoms with Crippen LogP contribution in [0, 0.1) is 0 Å². The Morgan fingerprint density at radius 1 is 0.422 bits per heavy atom. The van der Waals surface area contributed by atoms with Crippen LogP contribution in [0.4, 0.5) is 0 Å². The third-order valence-electron chi connectivity index (χ3n) is 13.6. The van der Waals surface area contributed by atoms with E-state index in [9.17, 15) is 19.8 Å². The number of rotatable bonds is 54. The number of aliphatic hydroxyl groups excluding tert-OH is 2. The smallest absolute Gasteiger partial charge is 0.305 e. The summed E-state index contributed by atoms with van der Waals surface area (Å²) in [6, 6.07) is -0.553. The molecule has 0 bridgehead atoms. The Bertz CT molecular complexity index is 955. The number of allylic oxidation sites excluding steroid dienone is 2. The molecule has 2 atom stereocenters. The fraction of sp³-hybridized carbons (Fsp3) is 0.931. The van der Waals surface area contributed by atoms with E-state index in [1.807, 2.05) is 0 Å². The normalized spacial score (nSPS) is 12.6. The van der Waals surface area contributed by atoms with Crippen molar-refractivity contribution in [1.29, 1.82) is 0 Å². The van der Waals surface area contributed by atoms with Crippen molar-refractivity contribution >= 4 is 11.9 Å². The van der Waals surface area contributed by atoms with Gasteiger partial charge in [0.05, 0.1) is 25.4 Å². The van der Waals surface area contributed by atoms with Crippen molar-refractivity contribution in [3.63, 3.8) is 0 Å². The minimum Gasteiger partial charge on any atom is -0.466 e. The molecule has 0 radical (unpaired) electrons. The van der Waals surface area contributed by atoms with E-state index >= 15 is 0 Å². The minimum absolute atomic E-state index is 0.0161. The summed E-state index contributed by atoms with van der Waals surface area (Å²) in [7, 11) is 0. The van der Waals surface area contributed by atoms with Gasteiger partial charge in [-0.25, -0.2) is 0 Å². The zero-order chi connectivity index (χ0) is 46.5. The molecule has 0 aliphatic carbocycles. The van der Waals surface area contributed by atoms with E-state index in [1.165, 1.54) is 231 Å². The number of esters is 1. The van der Waals surface area contributed by atoms with Crippen LogP contribution in [-0.4, -0.2) is 47.4 Å². The molecule has 380 valence electrons. The summed E-state index contributed by atoms with van der Waals surface area (Å²) >= 11 is 0. The Hall–Kier alpha value is -1.40. The first-order valence-electron chi connectivity index (χ1n) is 28.9. The molecule has 6 nitrogen and oxygen atoms in total. The van der Waals surface area contributed by atoms with Crippen LogP contribution in [0.25, 0.3) is 0 Å². The SMILES string of the molecule is CCCCCCCC/C=C\CCCCCCCC(=O)OCCCCCCCCCCCCCCC(=O)NC(CO)C(O)CCCCCCCCCCCCCCCCCCCCCC. The van der Waals surface area contributed by atoms with Gasteiger partial charge in [-0.2, -0.15) is 0 Å². The Balaban J connectivity index is 3.45. The Morgan fingerprint density at radius 2 is 0.734 bits per heavy atom. The second-order valence-electron chi connectivity index (χ2n) is 20.0. The van der Waals surface area contributed by atoms with Crippen molar-refractivity contribution in [3.8, 4) is 0 Å². The topological polar surface area (TPSA) is 95.9 Å². The Kier molecular flexibility index (Phi) is 53.0. The van der Waals surface area contributed by atoms with Crippen molar-refractivity contribution < 1.29 is 24.5 Å². The number of ether oxygens (including phenoxy) is 1. The highest BCUT2D eigenvalue weighted by Crippen LogP contribution is 2.17. The third kappa shape index (κ3) is 50.0. The van der Waals surface area contributed by atoms with Crippen LogP contribution in [0.1, 0.15) is 322 Å². The molecule has 2 unspecified atom stereocenters. The van der Waals surface area contributed by atoms with Gasteiger partial charge in [-0.3, -0.25) is 9.59 Å². The summed E-state index contributed by atoms with van der Waals surface area (Å²) in [5.41, 5.74) is 0. The van der Waals surface area contributed by atoms with Crippen LogP contribution in [0.3, 0.4) is 0 Å². The standard InChI is InChI=1S/C58H113NO5/c1-3-5-7-9-11-13-15-17-19-20-21-22-23-25-26-30-34-38-42-46-50-56(61)55(54-60)59-57(62)51-47-43-39-35-31-28-29-33-37-41-45-49-53-64-58(63)52-48-44-40-36-32-27-24-18-16-14-12-10-8-6-4-2/h18,24,55-56,60-61H,3-17,19-23,25-54H2,1-2H3,(H,59,62)/b24-18-. The Labute approximate surface area is 399 Å². The summed E-state index contributed by atoms with van der Waals surface area (Å²) < 4.78 is 5.47. The quantitative estimate of drug-likeness (QED) is 0.0321. The highest BCUT2D eigenvalue weighted by atomic mass is 16.5. The van der Waals surface area contributed by atoms with Gasteiger partial charge in [-0.1, -0.05) is 270 Å². The van der Waals surface area contributed by atoms with Crippen LogP contribution >= 0.6 is 0 Å². The van der Waals surface area contributed by atoms with Crippen LogP contribution in [0.2, 0.25) is 0 Å². The highest BCUT2D eigenvalue weighted by Gasteiger charge is 2.20. The fourth-order valence-corrected chi connectivity index (χ4v) is 9.11. The second-order valence-corrected chi connectivity index (χ2v) is 20.0. The molecule has 0 aliphatic rings. The maximum absolute atomic E-state index is 12.5. The number of aliphatic hydroxyl groups is 2. The third-order valence-corrected chi connectivity index (χ3v) is 13.6. The van der Waals surface area contributed by atoms with Gasteiger partial charge in [0.15, 0.2) is 0 Å². The molecular weight excluding hydrogens is 791 g/mol. The zero-order valence-corrected chi connectivity index (χ0v) is 43.3. The monoisotopic (exact) mass is 904 g/mol.